The van der Waals surface area contributed by atoms with Crippen molar-refractivity contribution >= 4 is 21.6 Å². The quantitative estimate of drug-likeness (QED) is 0.602. The van der Waals surface area contributed by atoms with Crippen LogP contribution < -0.4 is 0 Å². The van der Waals surface area contributed by atoms with E-state index in [9.17, 15) is 0 Å². The molecule has 0 atom stereocenters. The lowest BCUT2D eigenvalue weighted by molar-refractivity contribution is 1.17. The van der Waals surface area contributed by atoms with Crippen LogP contribution in [0.4, 0.5) is 0 Å². The van der Waals surface area contributed by atoms with Crippen LogP contribution in [-0.4, -0.2) is 4.98 Å². The van der Waals surface area contributed by atoms with Gasteiger partial charge < -0.3 is 0 Å². The normalized spacial score (nSPS) is 10.9. The highest BCUT2D eigenvalue weighted by atomic mass is 32.1. The summed E-state index contributed by atoms with van der Waals surface area (Å²) in [4.78, 5) is 4.51. The molecule has 2 heteroatoms. The van der Waals surface area contributed by atoms with E-state index in [4.69, 9.17) is 0 Å². The van der Waals surface area contributed by atoms with Crippen LogP contribution in [0.5, 0.6) is 0 Å². The molecule has 0 fully saturated rings. The highest BCUT2D eigenvalue weighted by molar-refractivity contribution is 7.17. The standard InChI is InChI=1S/C10H11NS/c1-6-7(2)10-9(4-5-12-10)11-8(6)3/h4-5H,1-3H3. The topological polar surface area (TPSA) is 12.9 Å². The van der Waals surface area contributed by atoms with E-state index in [2.05, 4.69) is 37.2 Å². The van der Waals surface area contributed by atoms with Crippen molar-refractivity contribution in [3.63, 3.8) is 0 Å². The first-order valence-electron chi connectivity index (χ1n) is 4.01. The minimum Gasteiger partial charge on any atom is -0.252 e. The number of nitrogens with zero attached hydrogens (tertiary/aromatic N) is 1. The molecule has 62 valence electrons. The number of hydrogen-bond acceptors (Lipinski definition) is 2. The van der Waals surface area contributed by atoms with Gasteiger partial charge >= 0.3 is 0 Å². The molecule has 0 aliphatic rings. The van der Waals surface area contributed by atoms with Crippen LogP contribution in [-0.2, 0) is 0 Å². The van der Waals surface area contributed by atoms with Gasteiger partial charge in [-0.25, -0.2) is 0 Å². The first kappa shape index (κ1) is 7.74. The maximum absolute atomic E-state index is 4.51. The Bertz CT molecular complexity index is 429. The van der Waals surface area contributed by atoms with Gasteiger partial charge in [-0.2, -0.15) is 0 Å². The van der Waals surface area contributed by atoms with Gasteiger partial charge in [0.15, 0.2) is 0 Å². The van der Waals surface area contributed by atoms with E-state index >= 15 is 0 Å². The number of aromatic nitrogens is 1. The molecule has 0 aromatic carbocycles. The second-order valence-corrected chi connectivity index (χ2v) is 4.00. The second-order valence-electron chi connectivity index (χ2n) is 3.08. The van der Waals surface area contributed by atoms with Crippen LogP contribution >= 0.6 is 11.3 Å². The van der Waals surface area contributed by atoms with Crippen LogP contribution in [0.3, 0.4) is 0 Å². The summed E-state index contributed by atoms with van der Waals surface area (Å²) >= 11 is 1.77. The van der Waals surface area contributed by atoms with E-state index < -0.39 is 0 Å². The van der Waals surface area contributed by atoms with Crippen molar-refractivity contribution in [2.75, 3.05) is 0 Å². The number of pyridine rings is 1. The predicted molar refractivity (Wildman–Crippen MR) is 53.8 cm³/mol. The molecule has 0 saturated heterocycles. The van der Waals surface area contributed by atoms with Gasteiger partial charge in [-0.1, -0.05) is 0 Å². The third-order valence-corrected chi connectivity index (χ3v) is 3.40. The highest BCUT2D eigenvalue weighted by Crippen LogP contribution is 2.26. The van der Waals surface area contributed by atoms with Crippen molar-refractivity contribution in [3.8, 4) is 0 Å². The van der Waals surface area contributed by atoms with Crippen LogP contribution in [0.2, 0.25) is 0 Å². The molecule has 0 spiro atoms. The zero-order chi connectivity index (χ0) is 8.72. The Morgan fingerprint density at radius 3 is 2.67 bits per heavy atom. The molecular weight excluding hydrogens is 166 g/mol. The molecule has 0 saturated carbocycles. The van der Waals surface area contributed by atoms with Crippen LogP contribution in [0.1, 0.15) is 16.8 Å². The number of fused-ring (bicyclic) bond motifs is 1. The van der Waals surface area contributed by atoms with E-state index in [1.807, 2.05) is 0 Å². The molecule has 2 aromatic heterocycles. The Kier molecular flexibility index (Phi) is 1.65. The molecule has 0 unspecified atom stereocenters. The van der Waals surface area contributed by atoms with Crippen molar-refractivity contribution < 1.29 is 0 Å². The van der Waals surface area contributed by atoms with Gasteiger partial charge in [0.1, 0.15) is 0 Å². The number of thiophene rings is 1. The lowest BCUT2D eigenvalue weighted by Crippen LogP contribution is -1.90. The summed E-state index contributed by atoms with van der Waals surface area (Å²) < 4.78 is 1.33. The Balaban J connectivity index is 2.94. The average Bonchev–Trinajstić information content (AvgIpc) is 2.48. The maximum atomic E-state index is 4.51. The summed E-state index contributed by atoms with van der Waals surface area (Å²) in [5.74, 6) is 0. The van der Waals surface area contributed by atoms with Crippen molar-refractivity contribution in [3.05, 3.63) is 28.3 Å². The van der Waals surface area contributed by atoms with Gasteiger partial charge in [0, 0.05) is 5.69 Å². The Labute approximate surface area is 76.1 Å². The molecule has 2 aromatic rings. The van der Waals surface area contributed by atoms with Gasteiger partial charge in [-0.3, -0.25) is 4.98 Å². The highest BCUT2D eigenvalue weighted by Gasteiger charge is 2.05. The van der Waals surface area contributed by atoms with Crippen LogP contribution in [0.25, 0.3) is 10.2 Å². The summed E-state index contributed by atoms with van der Waals surface area (Å²) in [5, 5.41) is 2.10. The molecular formula is C10H11NS. The summed E-state index contributed by atoms with van der Waals surface area (Å²) in [6.45, 7) is 6.37. The average molecular weight is 177 g/mol. The third kappa shape index (κ3) is 0.950. The number of rotatable bonds is 0. The monoisotopic (exact) mass is 177 g/mol. The molecule has 0 bridgehead atoms. The third-order valence-electron chi connectivity index (χ3n) is 2.38. The molecule has 0 N–H and O–H groups in total. The SMILES string of the molecule is Cc1nc2ccsc2c(C)c1C. The fraction of sp³-hybridized carbons (Fsp3) is 0.300. The summed E-state index contributed by atoms with van der Waals surface area (Å²) in [5.41, 5.74) is 5.00. The smallest absolute Gasteiger partial charge is 0.0815 e. The summed E-state index contributed by atoms with van der Waals surface area (Å²) in [7, 11) is 0. The molecule has 12 heavy (non-hydrogen) atoms. The van der Waals surface area contributed by atoms with Crippen LogP contribution in [0, 0.1) is 20.8 Å². The summed E-state index contributed by atoms with van der Waals surface area (Å²) in [6, 6.07) is 2.08. The molecule has 0 amide bonds. The number of hydrogen-bond donors (Lipinski definition) is 0. The second kappa shape index (κ2) is 2.56. The zero-order valence-corrected chi connectivity index (χ0v) is 8.33. The minimum absolute atomic E-state index is 1.14. The van der Waals surface area contributed by atoms with E-state index in [0.29, 0.717) is 0 Å². The fourth-order valence-corrected chi connectivity index (χ4v) is 2.27. The van der Waals surface area contributed by atoms with Gasteiger partial charge in [-0.15, -0.1) is 11.3 Å². The molecule has 0 radical (unpaired) electrons. The van der Waals surface area contributed by atoms with Crippen molar-refractivity contribution in [2.45, 2.75) is 20.8 Å². The van der Waals surface area contributed by atoms with Gasteiger partial charge in [0.25, 0.3) is 0 Å². The van der Waals surface area contributed by atoms with E-state index in [1.54, 1.807) is 11.3 Å². The van der Waals surface area contributed by atoms with Gasteiger partial charge in [-0.05, 0) is 43.3 Å². The predicted octanol–water partition coefficient (Wildman–Crippen LogP) is 3.22. The number of aryl methyl sites for hydroxylation is 2. The van der Waals surface area contributed by atoms with E-state index in [1.165, 1.54) is 15.8 Å². The molecule has 2 heterocycles. The lowest BCUT2D eigenvalue weighted by atomic mass is 10.1. The van der Waals surface area contributed by atoms with Crippen molar-refractivity contribution in [1.29, 1.82) is 0 Å². The minimum atomic E-state index is 1.14. The van der Waals surface area contributed by atoms with E-state index in [-0.39, 0.29) is 0 Å². The Morgan fingerprint density at radius 1 is 1.17 bits per heavy atom. The zero-order valence-electron chi connectivity index (χ0n) is 7.51. The largest absolute Gasteiger partial charge is 0.252 e. The van der Waals surface area contributed by atoms with Gasteiger partial charge in [0.2, 0.25) is 0 Å². The van der Waals surface area contributed by atoms with Gasteiger partial charge in [0.05, 0.1) is 10.2 Å². The fourth-order valence-electron chi connectivity index (χ4n) is 1.38. The van der Waals surface area contributed by atoms with Crippen molar-refractivity contribution in [2.24, 2.45) is 0 Å². The van der Waals surface area contributed by atoms with Crippen LogP contribution in [0.15, 0.2) is 11.4 Å². The maximum Gasteiger partial charge on any atom is 0.0815 e. The molecule has 2 rings (SSSR count). The lowest BCUT2D eigenvalue weighted by Gasteiger charge is -2.03. The molecule has 1 nitrogen and oxygen atoms in total. The Hall–Kier alpha value is -0.890. The first-order valence-corrected chi connectivity index (χ1v) is 4.89. The Morgan fingerprint density at radius 2 is 1.92 bits per heavy atom. The van der Waals surface area contributed by atoms with E-state index in [0.717, 1.165) is 11.2 Å². The van der Waals surface area contributed by atoms with Crippen molar-refractivity contribution in [1.82, 2.24) is 4.98 Å². The first-order chi connectivity index (χ1) is 5.70. The summed E-state index contributed by atoms with van der Waals surface area (Å²) in [6.07, 6.45) is 0. The molecule has 0 aliphatic carbocycles. The molecule has 0 aliphatic heterocycles.